The van der Waals surface area contributed by atoms with Gasteiger partial charge in [0.25, 0.3) is 5.91 Å². The molecule has 0 saturated heterocycles. The Bertz CT molecular complexity index is 1330. The van der Waals surface area contributed by atoms with Crippen LogP contribution in [0.1, 0.15) is 22.4 Å². The summed E-state index contributed by atoms with van der Waals surface area (Å²) < 4.78 is 90.3. The molecule has 1 aromatic carbocycles. The quantitative estimate of drug-likeness (QED) is 0.410. The van der Waals surface area contributed by atoms with Crippen molar-refractivity contribution in [2.75, 3.05) is 17.7 Å². The topological polar surface area (TPSA) is 93.1 Å². The van der Waals surface area contributed by atoms with Crippen molar-refractivity contribution < 1.29 is 35.2 Å². The van der Waals surface area contributed by atoms with Crippen LogP contribution in [0.2, 0.25) is 5.02 Å². The van der Waals surface area contributed by atoms with Crippen molar-refractivity contribution in [3.8, 4) is 11.1 Å². The predicted molar refractivity (Wildman–Crippen MR) is 115 cm³/mol. The van der Waals surface area contributed by atoms with Crippen LogP contribution in [-0.2, 0) is 15.8 Å². The van der Waals surface area contributed by atoms with Crippen LogP contribution in [0.4, 0.5) is 27.1 Å². The fourth-order valence-corrected chi connectivity index (χ4v) is 4.62. The van der Waals surface area contributed by atoms with E-state index in [1.165, 1.54) is 19.2 Å². The summed E-state index contributed by atoms with van der Waals surface area (Å²) >= 11 is 5.70. The lowest BCUT2D eigenvalue weighted by atomic mass is 10.1. The smallest absolute Gasteiger partial charge is 0.284 e. The van der Waals surface area contributed by atoms with Gasteiger partial charge in [-0.05, 0) is 23.8 Å². The molecule has 0 unspecified atom stereocenters. The first-order valence-corrected chi connectivity index (χ1v) is 12.1. The summed E-state index contributed by atoms with van der Waals surface area (Å²) in [7, 11) is -2.98. The molecule has 2 heterocycles. The molecule has 3 rings (SSSR count). The molecule has 7 nitrogen and oxygen atoms in total. The number of benzene rings is 1. The van der Waals surface area contributed by atoms with Crippen LogP contribution >= 0.6 is 22.9 Å². The zero-order valence-corrected chi connectivity index (χ0v) is 19.7. The number of pyridine rings is 1. The maximum atomic E-state index is 13.5. The van der Waals surface area contributed by atoms with E-state index in [0.29, 0.717) is 21.0 Å². The zero-order valence-electron chi connectivity index (χ0n) is 17.3. The number of nitrogens with zero attached hydrogens (tertiary/aromatic N) is 4. The molecule has 0 aliphatic rings. The molecular weight excluding hydrogens is 527 g/mol. The van der Waals surface area contributed by atoms with Gasteiger partial charge in [-0.15, -0.1) is 10.2 Å². The van der Waals surface area contributed by atoms with Gasteiger partial charge >= 0.3 is 12.1 Å². The second-order valence-electron chi connectivity index (χ2n) is 6.81. The Morgan fingerprint density at radius 3 is 2.26 bits per heavy atom. The maximum absolute atomic E-state index is 13.5. The molecule has 0 radical (unpaired) electrons. The Morgan fingerprint density at radius 1 is 1.09 bits per heavy atom. The van der Waals surface area contributed by atoms with Gasteiger partial charge in [0.1, 0.15) is 5.69 Å². The highest BCUT2D eigenvalue weighted by atomic mass is 35.5. The van der Waals surface area contributed by atoms with Gasteiger partial charge < -0.3 is 0 Å². The largest absolute Gasteiger partial charge is 0.460 e. The summed E-state index contributed by atoms with van der Waals surface area (Å²) in [5.41, 5.74) is 0.354. The SMILES string of the molecule is CCS(=O)(=O)c1cc(-c2ccc(Cl)cc2)cnc1C(=O)N(C)c1nnc(C(F)(F)C(F)(F)F)s1. The Kier molecular flexibility index (Phi) is 6.97. The van der Waals surface area contributed by atoms with Gasteiger partial charge in [-0.2, -0.15) is 22.0 Å². The van der Waals surface area contributed by atoms with Gasteiger partial charge in [0.05, 0.1) is 10.6 Å². The number of hydrogen-bond acceptors (Lipinski definition) is 7. The van der Waals surface area contributed by atoms with Crippen molar-refractivity contribution in [3.05, 3.63) is 52.3 Å². The highest BCUT2D eigenvalue weighted by molar-refractivity contribution is 7.91. The molecule has 0 fully saturated rings. The monoisotopic (exact) mass is 540 g/mol. The van der Waals surface area contributed by atoms with Crippen molar-refractivity contribution in [1.29, 1.82) is 0 Å². The van der Waals surface area contributed by atoms with Crippen LogP contribution in [0, 0.1) is 0 Å². The molecular formula is C19H14ClF5N4O3S2. The van der Waals surface area contributed by atoms with Gasteiger partial charge in [0.2, 0.25) is 5.13 Å². The fraction of sp³-hybridized carbons (Fsp3) is 0.263. The van der Waals surface area contributed by atoms with Gasteiger partial charge in [-0.3, -0.25) is 9.69 Å². The molecule has 0 bridgehead atoms. The second-order valence-corrected chi connectivity index (χ2v) is 10.4. The van der Waals surface area contributed by atoms with Gasteiger partial charge in [0.15, 0.2) is 14.8 Å². The Hall–Kier alpha value is -2.71. The summed E-state index contributed by atoms with van der Waals surface area (Å²) in [4.78, 5) is 17.1. The van der Waals surface area contributed by atoms with E-state index < -0.39 is 48.6 Å². The summed E-state index contributed by atoms with van der Waals surface area (Å²) in [6.07, 6.45) is -4.68. The molecule has 34 heavy (non-hydrogen) atoms. The normalized spacial score (nSPS) is 12.6. The number of alkyl halides is 5. The van der Waals surface area contributed by atoms with Crippen molar-refractivity contribution >= 4 is 43.8 Å². The van der Waals surface area contributed by atoms with E-state index in [2.05, 4.69) is 15.2 Å². The standard InChI is InChI=1S/C19H14ClF5N4O3S2/c1-3-34(31,32)13-8-11(10-4-6-12(20)7-5-10)9-26-14(13)15(30)29(2)17-28-27-16(33-17)18(21,22)19(23,24)25/h4-9H,3H2,1-2H3. The van der Waals surface area contributed by atoms with E-state index in [0.717, 1.165) is 7.05 Å². The van der Waals surface area contributed by atoms with E-state index in [-0.39, 0.29) is 17.1 Å². The van der Waals surface area contributed by atoms with Crippen LogP contribution in [0.3, 0.4) is 0 Å². The van der Waals surface area contributed by atoms with Gasteiger partial charge in [-0.25, -0.2) is 13.4 Å². The van der Waals surface area contributed by atoms with Gasteiger partial charge in [0, 0.05) is 23.8 Å². The first-order valence-electron chi connectivity index (χ1n) is 9.24. The van der Waals surface area contributed by atoms with Crippen LogP contribution in [0.15, 0.2) is 41.4 Å². The molecule has 0 aliphatic carbocycles. The minimum absolute atomic E-state index is 0.159. The third-order valence-electron chi connectivity index (χ3n) is 4.58. The highest BCUT2D eigenvalue weighted by Crippen LogP contribution is 2.45. The van der Waals surface area contributed by atoms with Crippen LogP contribution < -0.4 is 4.90 Å². The molecule has 182 valence electrons. The van der Waals surface area contributed by atoms with Crippen molar-refractivity contribution in [2.45, 2.75) is 23.9 Å². The van der Waals surface area contributed by atoms with E-state index >= 15 is 0 Å². The Labute approximate surface area is 199 Å². The lowest BCUT2D eigenvalue weighted by molar-refractivity contribution is -0.289. The fourth-order valence-electron chi connectivity index (χ4n) is 2.64. The molecule has 2 aromatic heterocycles. The summed E-state index contributed by atoms with van der Waals surface area (Å²) in [5.74, 6) is -6.75. The average Bonchev–Trinajstić information content (AvgIpc) is 3.28. The van der Waals surface area contributed by atoms with Gasteiger partial charge in [-0.1, -0.05) is 42.0 Å². The minimum Gasteiger partial charge on any atom is -0.284 e. The number of sulfone groups is 1. The highest BCUT2D eigenvalue weighted by Gasteiger charge is 2.61. The molecule has 0 spiro atoms. The summed E-state index contributed by atoms with van der Waals surface area (Å²) in [6, 6.07) is 7.58. The number of amides is 1. The molecule has 15 heteroatoms. The number of rotatable bonds is 6. The van der Waals surface area contributed by atoms with Crippen molar-refractivity contribution in [2.24, 2.45) is 0 Å². The zero-order chi connectivity index (χ0) is 25.5. The maximum Gasteiger partial charge on any atom is 0.460 e. The number of aromatic nitrogens is 3. The molecule has 0 N–H and O–H groups in total. The van der Waals surface area contributed by atoms with Crippen molar-refractivity contribution in [3.63, 3.8) is 0 Å². The molecule has 1 amide bonds. The number of carbonyl (C=O) groups excluding carboxylic acids is 1. The van der Waals surface area contributed by atoms with E-state index in [1.807, 2.05) is 0 Å². The number of anilines is 1. The first kappa shape index (κ1) is 25.9. The van der Waals surface area contributed by atoms with Crippen LogP contribution in [-0.4, -0.2) is 48.5 Å². The first-order chi connectivity index (χ1) is 15.7. The number of halogens is 6. The summed E-state index contributed by atoms with van der Waals surface area (Å²) in [5, 5.41) is 4.26. The predicted octanol–water partition coefficient (Wildman–Crippen LogP) is 4.98. The van der Waals surface area contributed by atoms with Crippen LogP contribution in [0.25, 0.3) is 11.1 Å². The Balaban J connectivity index is 2.04. The Morgan fingerprint density at radius 2 is 1.71 bits per heavy atom. The number of carbonyl (C=O) groups is 1. The lowest BCUT2D eigenvalue weighted by Crippen LogP contribution is -2.33. The molecule has 0 atom stereocenters. The molecule has 3 aromatic rings. The second kappa shape index (κ2) is 9.15. The van der Waals surface area contributed by atoms with Crippen LogP contribution in [0.5, 0.6) is 0 Å². The van der Waals surface area contributed by atoms with E-state index in [4.69, 9.17) is 11.6 Å². The number of hydrogen-bond donors (Lipinski definition) is 0. The van der Waals surface area contributed by atoms with E-state index in [9.17, 15) is 35.2 Å². The lowest BCUT2D eigenvalue weighted by Gasteiger charge is -2.17. The van der Waals surface area contributed by atoms with Crippen molar-refractivity contribution in [1.82, 2.24) is 15.2 Å². The third-order valence-corrected chi connectivity index (χ3v) is 7.64. The minimum atomic E-state index is -5.91. The molecule has 0 saturated carbocycles. The van der Waals surface area contributed by atoms with E-state index in [1.54, 1.807) is 24.3 Å². The third kappa shape index (κ3) is 4.88. The average molecular weight is 541 g/mol. The molecule has 0 aliphatic heterocycles. The summed E-state index contributed by atoms with van der Waals surface area (Å²) in [6.45, 7) is 1.35.